The third kappa shape index (κ3) is 3.64. The van der Waals surface area contributed by atoms with Gasteiger partial charge in [0.25, 0.3) is 0 Å². The van der Waals surface area contributed by atoms with E-state index >= 15 is 0 Å². The summed E-state index contributed by atoms with van der Waals surface area (Å²) in [6.07, 6.45) is 0.980. The Morgan fingerprint density at radius 1 is 1.24 bits per heavy atom. The Labute approximate surface area is 146 Å². The van der Waals surface area contributed by atoms with Gasteiger partial charge in [0.2, 0.25) is 11.9 Å². The third-order valence-electron chi connectivity index (χ3n) is 3.96. The molecule has 0 aliphatic rings. The molecule has 0 saturated heterocycles. The fraction of sp³-hybridized carbons (Fsp3) is 0.263. The summed E-state index contributed by atoms with van der Waals surface area (Å²) in [4.78, 5) is 16.9. The van der Waals surface area contributed by atoms with Gasteiger partial charge < -0.3 is 10.5 Å². The van der Waals surface area contributed by atoms with Gasteiger partial charge in [-0.2, -0.15) is 0 Å². The van der Waals surface area contributed by atoms with Crippen molar-refractivity contribution < 1.29 is 9.53 Å². The molecule has 6 nitrogen and oxygen atoms in total. The third-order valence-corrected chi connectivity index (χ3v) is 3.96. The predicted molar refractivity (Wildman–Crippen MR) is 99.1 cm³/mol. The molecule has 3 rings (SSSR count). The summed E-state index contributed by atoms with van der Waals surface area (Å²) >= 11 is 0. The molecule has 1 atom stereocenters. The first-order chi connectivity index (χ1) is 12.1. The van der Waals surface area contributed by atoms with Gasteiger partial charge in [0.05, 0.1) is 23.8 Å². The summed E-state index contributed by atoms with van der Waals surface area (Å²) in [6, 6.07) is 15.4. The molecule has 0 spiro atoms. The summed E-state index contributed by atoms with van der Waals surface area (Å²) < 4.78 is 7.38. The van der Waals surface area contributed by atoms with Crippen LogP contribution in [0.3, 0.4) is 0 Å². The van der Waals surface area contributed by atoms with Crippen molar-refractivity contribution in [2.75, 3.05) is 12.4 Å². The number of nitrogens with two attached hydrogens (primary N) is 1. The second kappa shape index (κ2) is 7.36. The molecule has 0 saturated carbocycles. The lowest BCUT2D eigenvalue weighted by molar-refractivity contribution is -0.116. The minimum absolute atomic E-state index is 0.0150. The van der Waals surface area contributed by atoms with Crippen LogP contribution >= 0.6 is 0 Å². The SMILES string of the molecule is COc1ccccc1-n1c(NC(=O)CCC(C)N)nc2ccccc21. The summed E-state index contributed by atoms with van der Waals surface area (Å²) in [7, 11) is 1.62. The number of methoxy groups -OCH3 is 1. The Hall–Kier alpha value is -2.86. The molecule has 25 heavy (non-hydrogen) atoms. The zero-order valence-corrected chi connectivity index (χ0v) is 14.4. The van der Waals surface area contributed by atoms with Crippen molar-refractivity contribution in [1.29, 1.82) is 0 Å². The van der Waals surface area contributed by atoms with Crippen molar-refractivity contribution in [3.8, 4) is 11.4 Å². The number of benzene rings is 2. The summed E-state index contributed by atoms with van der Waals surface area (Å²) in [5, 5.41) is 2.91. The number of para-hydroxylation sites is 4. The molecule has 2 aromatic carbocycles. The highest BCUT2D eigenvalue weighted by Crippen LogP contribution is 2.30. The summed E-state index contributed by atoms with van der Waals surface area (Å²) in [6.45, 7) is 1.89. The first kappa shape index (κ1) is 17.0. The number of hydrogen-bond acceptors (Lipinski definition) is 4. The number of amides is 1. The van der Waals surface area contributed by atoms with Gasteiger partial charge in [-0.25, -0.2) is 4.98 Å². The second-order valence-corrected chi connectivity index (χ2v) is 6.00. The fourth-order valence-corrected chi connectivity index (χ4v) is 2.71. The van der Waals surface area contributed by atoms with Gasteiger partial charge in [-0.15, -0.1) is 0 Å². The van der Waals surface area contributed by atoms with E-state index in [2.05, 4.69) is 10.3 Å². The van der Waals surface area contributed by atoms with E-state index in [1.807, 2.05) is 60.0 Å². The van der Waals surface area contributed by atoms with Crippen LogP contribution in [0.25, 0.3) is 16.7 Å². The number of nitrogens with one attached hydrogen (secondary N) is 1. The molecular weight excluding hydrogens is 316 g/mol. The van der Waals surface area contributed by atoms with E-state index in [0.717, 1.165) is 16.7 Å². The number of rotatable bonds is 6. The largest absolute Gasteiger partial charge is 0.495 e. The number of imidazole rings is 1. The number of aromatic nitrogens is 2. The van der Waals surface area contributed by atoms with Gasteiger partial charge in [0.1, 0.15) is 5.75 Å². The van der Waals surface area contributed by atoms with Gasteiger partial charge in [0, 0.05) is 12.5 Å². The molecule has 1 aromatic heterocycles. The van der Waals surface area contributed by atoms with Crippen molar-refractivity contribution >= 4 is 22.9 Å². The molecular formula is C19H22N4O2. The van der Waals surface area contributed by atoms with Crippen molar-refractivity contribution in [3.63, 3.8) is 0 Å². The lowest BCUT2D eigenvalue weighted by Gasteiger charge is -2.13. The average Bonchev–Trinajstić information content (AvgIpc) is 2.97. The summed E-state index contributed by atoms with van der Waals surface area (Å²) in [5.41, 5.74) is 8.26. The Balaban J connectivity index is 2.05. The van der Waals surface area contributed by atoms with Crippen LogP contribution in [0.15, 0.2) is 48.5 Å². The molecule has 0 aliphatic carbocycles. The lowest BCUT2D eigenvalue weighted by atomic mass is 10.2. The van der Waals surface area contributed by atoms with Crippen molar-refractivity contribution in [2.45, 2.75) is 25.8 Å². The predicted octanol–water partition coefficient (Wildman–Crippen LogP) is 3.10. The maximum Gasteiger partial charge on any atom is 0.226 e. The topological polar surface area (TPSA) is 82.2 Å². The van der Waals surface area contributed by atoms with Crippen LogP contribution in [-0.2, 0) is 4.79 Å². The van der Waals surface area contributed by atoms with Crippen molar-refractivity contribution in [1.82, 2.24) is 9.55 Å². The molecule has 0 fully saturated rings. The normalized spacial score (nSPS) is 12.1. The van der Waals surface area contributed by atoms with Crippen LogP contribution in [-0.4, -0.2) is 28.6 Å². The van der Waals surface area contributed by atoms with Gasteiger partial charge in [-0.05, 0) is 37.6 Å². The number of fused-ring (bicyclic) bond motifs is 1. The molecule has 6 heteroatoms. The van der Waals surface area contributed by atoms with Crippen LogP contribution in [0, 0.1) is 0 Å². The van der Waals surface area contributed by atoms with E-state index in [-0.39, 0.29) is 11.9 Å². The monoisotopic (exact) mass is 338 g/mol. The Kier molecular flexibility index (Phi) is 5.00. The Bertz CT molecular complexity index is 886. The highest BCUT2D eigenvalue weighted by Gasteiger charge is 2.17. The van der Waals surface area contributed by atoms with Crippen LogP contribution in [0.4, 0.5) is 5.95 Å². The zero-order valence-electron chi connectivity index (χ0n) is 14.4. The van der Waals surface area contributed by atoms with Gasteiger partial charge in [0.15, 0.2) is 0 Å². The van der Waals surface area contributed by atoms with Gasteiger partial charge in [-0.1, -0.05) is 24.3 Å². The number of anilines is 1. The maximum absolute atomic E-state index is 12.3. The van der Waals surface area contributed by atoms with Gasteiger partial charge >= 0.3 is 0 Å². The maximum atomic E-state index is 12.3. The van der Waals surface area contributed by atoms with Crippen LogP contribution in [0.1, 0.15) is 19.8 Å². The Morgan fingerprint density at radius 2 is 1.96 bits per heavy atom. The van der Waals surface area contributed by atoms with E-state index < -0.39 is 0 Å². The number of ether oxygens (including phenoxy) is 1. The minimum atomic E-state index is -0.108. The van der Waals surface area contributed by atoms with Crippen molar-refractivity contribution in [2.24, 2.45) is 5.73 Å². The van der Waals surface area contributed by atoms with Crippen LogP contribution in [0.5, 0.6) is 5.75 Å². The van der Waals surface area contributed by atoms with Crippen molar-refractivity contribution in [3.05, 3.63) is 48.5 Å². The quantitative estimate of drug-likeness (QED) is 0.723. The van der Waals surface area contributed by atoms with E-state index in [4.69, 9.17) is 10.5 Å². The molecule has 0 aliphatic heterocycles. The first-order valence-electron chi connectivity index (χ1n) is 8.26. The second-order valence-electron chi connectivity index (χ2n) is 6.00. The molecule has 3 aromatic rings. The van der Waals surface area contributed by atoms with Gasteiger partial charge in [-0.3, -0.25) is 14.7 Å². The smallest absolute Gasteiger partial charge is 0.226 e. The Morgan fingerprint density at radius 3 is 2.72 bits per heavy atom. The molecule has 0 bridgehead atoms. The first-order valence-corrected chi connectivity index (χ1v) is 8.26. The standard InChI is InChI=1S/C19H22N4O2/c1-13(20)11-12-18(24)22-19-21-14-7-3-4-8-15(14)23(19)16-9-5-6-10-17(16)25-2/h3-10,13H,11-12,20H2,1-2H3,(H,21,22,24). The number of carbonyl (C=O) groups excluding carboxylic acids is 1. The summed E-state index contributed by atoms with van der Waals surface area (Å²) in [5.74, 6) is 1.07. The molecule has 130 valence electrons. The lowest BCUT2D eigenvalue weighted by Crippen LogP contribution is -2.20. The minimum Gasteiger partial charge on any atom is -0.495 e. The van der Waals surface area contributed by atoms with E-state index in [0.29, 0.717) is 24.5 Å². The highest BCUT2D eigenvalue weighted by atomic mass is 16.5. The van der Waals surface area contributed by atoms with E-state index in [1.165, 1.54) is 0 Å². The number of nitrogens with zero attached hydrogens (tertiary/aromatic N) is 2. The molecule has 0 radical (unpaired) electrons. The van der Waals surface area contributed by atoms with E-state index in [9.17, 15) is 4.79 Å². The molecule has 1 heterocycles. The molecule has 1 amide bonds. The fourth-order valence-electron chi connectivity index (χ4n) is 2.71. The average molecular weight is 338 g/mol. The molecule has 3 N–H and O–H groups in total. The molecule has 1 unspecified atom stereocenters. The van der Waals surface area contributed by atoms with E-state index in [1.54, 1.807) is 7.11 Å². The zero-order chi connectivity index (χ0) is 17.8. The highest BCUT2D eigenvalue weighted by molar-refractivity contribution is 5.92. The number of carbonyl (C=O) groups is 1. The van der Waals surface area contributed by atoms with Crippen LogP contribution < -0.4 is 15.8 Å². The van der Waals surface area contributed by atoms with Crippen LogP contribution in [0.2, 0.25) is 0 Å². The number of hydrogen-bond donors (Lipinski definition) is 2.